The van der Waals surface area contributed by atoms with Gasteiger partial charge in [0.25, 0.3) is 0 Å². The highest BCUT2D eigenvalue weighted by Gasteiger charge is 2.30. The Kier molecular flexibility index (Phi) is 9.29. The van der Waals surface area contributed by atoms with Crippen molar-refractivity contribution in [2.45, 2.75) is 51.6 Å². The molecule has 3 aromatic rings. The van der Waals surface area contributed by atoms with E-state index in [0.29, 0.717) is 30.2 Å². The van der Waals surface area contributed by atoms with Crippen LogP contribution in [0.3, 0.4) is 0 Å². The second-order valence-electron chi connectivity index (χ2n) is 8.83. The third-order valence-corrected chi connectivity index (χ3v) is 6.46. The lowest BCUT2D eigenvalue weighted by molar-refractivity contribution is -0.141. The van der Waals surface area contributed by atoms with Gasteiger partial charge in [0.2, 0.25) is 11.8 Å². The number of carbonyl (C=O) groups excluding carboxylic acids is 2. The maximum Gasteiger partial charge on any atom is 0.242 e. The van der Waals surface area contributed by atoms with Crippen LogP contribution in [0.25, 0.3) is 0 Å². The highest BCUT2D eigenvalue weighted by atomic mass is 35.5. The topological polar surface area (TPSA) is 49.4 Å². The molecule has 0 aliphatic carbocycles. The first-order valence-electron chi connectivity index (χ1n) is 11.8. The molecule has 0 radical (unpaired) electrons. The van der Waals surface area contributed by atoms with Gasteiger partial charge in [0.1, 0.15) is 6.04 Å². The molecule has 2 amide bonds. The Bertz CT molecular complexity index is 1080. The van der Waals surface area contributed by atoms with Gasteiger partial charge in [0.05, 0.1) is 0 Å². The second kappa shape index (κ2) is 12.4. The van der Waals surface area contributed by atoms with E-state index in [9.17, 15) is 9.59 Å². The van der Waals surface area contributed by atoms with Gasteiger partial charge in [-0.15, -0.1) is 0 Å². The first kappa shape index (κ1) is 25.5. The van der Waals surface area contributed by atoms with Crippen LogP contribution in [0.4, 0.5) is 0 Å². The Morgan fingerprint density at radius 2 is 1.53 bits per heavy atom. The summed E-state index contributed by atoms with van der Waals surface area (Å²) in [5.41, 5.74) is 4.20. The summed E-state index contributed by atoms with van der Waals surface area (Å²) in [6.07, 6.45) is 1.36. The Morgan fingerprint density at radius 3 is 2.15 bits per heavy atom. The van der Waals surface area contributed by atoms with E-state index in [1.165, 1.54) is 5.56 Å². The Labute approximate surface area is 207 Å². The molecule has 0 saturated heterocycles. The van der Waals surface area contributed by atoms with Crippen LogP contribution in [0, 0.1) is 0 Å². The molecule has 4 nitrogen and oxygen atoms in total. The van der Waals surface area contributed by atoms with E-state index in [4.69, 9.17) is 11.6 Å². The average molecular weight is 477 g/mol. The van der Waals surface area contributed by atoms with Crippen LogP contribution in [0.1, 0.15) is 48.4 Å². The maximum absolute atomic E-state index is 13.6. The number of likely N-dealkylation sites (N-methyl/N-ethyl adjacent to an activating group) is 1. The SMILES string of the molecule is CNC(=O)[C@H](Cc1ccccc1)N(Cc1ccccc1Cl)C(=O)CCc1ccc(C(C)C)cc1. The lowest BCUT2D eigenvalue weighted by atomic mass is 9.99. The zero-order valence-electron chi connectivity index (χ0n) is 20.1. The van der Waals surface area contributed by atoms with E-state index in [0.717, 1.165) is 16.7 Å². The number of benzene rings is 3. The molecular formula is C29H33ClN2O2. The summed E-state index contributed by atoms with van der Waals surface area (Å²) in [6, 6.07) is 25.0. The van der Waals surface area contributed by atoms with Crippen molar-refractivity contribution >= 4 is 23.4 Å². The lowest BCUT2D eigenvalue weighted by Crippen LogP contribution is -2.49. The average Bonchev–Trinajstić information content (AvgIpc) is 2.86. The van der Waals surface area contributed by atoms with E-state index >= 15 is 0 Å². The molecule has 34 heavy (non-hydrogen) atoms. The van der Waals surface area contributed by atoms with Crippen molar-refractivity contribution in [3.8, 4) is 0 Å². The number of amides is 2. The monoisotopic (exact) mass is 476 g/mol. The zero-order valence-corrected chi connectivity index (χ0v) is 20.9. The molecule has 3 rings (SSSR count). The molecule has 0 aliphatic heterocycles. The van der Waals surface area contributed by atoms with E-state index in [1.807, 2.05) is 54.6 Å². The number of hydrogen-bond acceptors (Lipinski definition) is 2. The van der Waals surface area contributed by atoms with Crippen molar-refractivity contribution in [2.75, 3.05) is 7.05 Å². The van der Waals surface area contributed by atoms with Gasteiger partial charge in [-0.05, 0) is 40.7 Å². The molecule has 0 spiro atoms. The predicted molar refractivity (Wildman–Crippen MR) is 139 cm³/mol. The number of halogens is 1. The molecule has 0 unspecified atom stereocenters. The number of rotatable bonds is 10. The number of hydrogen-bond donors (Lipinski definition) is 1. The second-order valence-corrected chi connectivity index (χ2v) is 9.24. The summed E-state index contributed by atoms with van der Waals surface area (Å²) in [4.78, 5) is 28.2. The molecule has 5 heteroatoms. The molecule has 1 atom stereocenters. The Hall–Kier alpha value is -3.11. The third-order valence-electron chi connectivity index (χ3n) is 6.09. The van der Waals surface area contributed by atoms with Gasteiger partial charge >= 0.3 is 0 Å². The lowest BCUT2D eigenvalue weighted by Gasteiger charge is -2.31. The van der Waals surface area contributed by atoms with Gasteiger partial charge in [0.15, 0.2) is 0 Å². The van der Waals surface area contributed by atoms with Crippen LogP contribution in [0.5, 0.6) is 0 Å². The van der Waals surface area contributed by atoms with E-state index < -0.39 is 6.04 Å². The number of aryl methyl sites for hydroxylation is 1. The number of carbonyl (C=O) groups is 2. The number of nitrogens with zero attached hydrogens (tertiary/aromatic N) is 1. The van der Waals surface area contributed by atoms with Crippen molar-refractivity contribution in [1.82, 2.24) is 10.2 Å². The fourth-order valence-corrected chi connectivity index (χ4v) is 4.19. The maximum atomic E-state index is 13.6. The molecule has 0 saturated carbocycles. The summed E-state index contributed by atoms with van der Waals surface area (Å²) >= 11 is 6.43. The van der Waals surface area contributed by atoms with Crippen LogP contribution in [0.2, 0.25) is 5.02 Å². The van der Waals surface area contributed by atoms with Crippen LogP contribution in [0.15, 0.2) is 78.9 Å². The molecular weight excluding hydrogens is 444 g/mol. The molecule has 0 aromatic heterocycles. The molecule has 178 valence electrons. The first-order valence-corrected chi connectivity index (χ1v) is 12.1. The van der Waals surface area contributed by atoms with Gasteiger partial charge in [-0.1, -0.05) is 98.2 Å². The van der Waals surface area contributed by atoms with Gasteiger partial charge in [-0.3, -0.25) is 9.59 Å². The van der Waals surface area contributed by atoms with E-state index in [1.54, 1.807) is 11.9 Å². The van der Waals surface area contributed by atoms with Gasteiger partial charge in [-0.2, -0.15) is 0 Å². The normalized spacial score (nSPS) is 11.8. The largest absolute Gasteiger partial charge is 0.357 e. The Morgan fingerprint density at radius 1 is 0.882 bits per heavy atom. The molecule has 0 bridgehead atoms. The van der Waals surface area contributed by atoms with Gasteiger partial charge in [-0.25, -0.2) is 0 Å². The fourth-order valence-electron chi connectivity index (χ4n) is 3.99. The van der Waals surface area contributed by atoms with Crippen molar-refractivity contribution in [3.63, 3.8) is 0 Å². The highest BCUT2D eigenvalue weighted by molar-refractivity contribution is 6.31. The van der Waals surface area contributed by atoms with Crippen LogP contribution in [-0.4, -0.2) is 29.8 Å². The molecule has 0 heterocycles. The molecule has 1 N–H and O–H groups in total. The van der Waals surface area contributed by atoms with Crippen molar-refractivity contribution in [3.05, 3.63) is 106 Å². The van der Waals surface area contributed by atoms with Crippen molar-refractivity contribution in [2.24, 2.45) is 0 Å². The highest BCUT2D eigenvalue weighted by Crippen LogP contribution is 2.22. The van der Waals surface area contributed by atoms with Crippen LogP contribution < -0.4 is 5.32 Å². The minimum Gasteiger partial charge on any atom is -0.357 e. The summed E-state index contributed by atoms with van der Waals surface area (Å²) in [5, 5.41) is 3.33. The zero-order chi connectivity index (χ0) is 24.5. The standard InChI is InChI=1S/C29H33ClN2O2/c1-21(2)24-16-13-22(14-17-24)15-18-28(33)32(20-25-11-7-8-12-26(25)30)27(29(34)31-3)19-23-9-5-4-6-10-23/h4-14,16-17,21,27H,15,18-20H2,1-3H3,(H,31,34)/t27-/m0/s1. The Balaban J connectivity index is 1.85. The summed E-state index contributed by atoms with van der Waals surface area (Å²) in [6.45, 7) is 4.60. The summed E-state index contributed by atoms with van der Waals surface area (Å²) < 4.78 is 0. The predicted octanol–water partition coefficient (Wildman–Crippen LogP) is 5.78. The van der Waals surface area contributed by atoms with Crippen molar-refractivity contribution < 1.29 is 9.59 Å². The summed E-state index contributed by atoms with van der Waals surface area (Å²) in [7, 11) is 1.61. The minimum absolute atomic E-state index is 0.0719. The fraction of sp³-hybridized carbons (Fsp3) is 0.310. The molecule has 0 fully saturated rings. The quantitative estimate of drug-likeness (QED) is 0.403. The first-order chi connectivity index (χ1) is 16.4. The van der Waals surface area contributed by atoms with Crippen molar-refractivity contribution in [1.29, 1.82) is 0 Å². The molecule has 0 aliphatic rings. The van der Waals surface area contributed by atoms with Crippen LogP contribution >= 0.6 is 11.6 Å². The van der Waals surface area contributed by atoms with Crippen LogP contribution in [-0.2, 0) is 29.0 Å². The van der Waals surface area contributed by atoms with Gasteiger partial charge in [0, 0.05) is 31.5 Å². The van der Waals surface area contributed by atoms with E-state index in [-0.39, 0.29) is 18.4 Å². The molecule has 3 aromatic carbocycles. The summed E-state index contributed by atoms with van der Waals surface area (Å²) in [5.74, 6) is 0.205. The van der Waals surface area contributed by atoms with Gasteiger partial charge < -0.3 is 10.2 Å². The minimum atomic E-state index is -0.639. The smallest absolute Gasteiger partial charge is 0.242 e. The third kappa shape index (κ3) is 6.94. The number of nitrogens with one attached hydrogen (secondary N) is 1. The van der Waals surface area contributed by atoms with E-state index in [2.05, 4.69) is 43.4 Å².